The molecule has 150 valence electrons. The van der Waals surface area contributed by atoms with Gasteiger partial charge in [0.1, 0.15) is 6.61 Å². The van der Waals surface area contributed by atoms with Gasteiger partial charge in [0.25, 0.3) is 0 Å². The third-order valence-corrected chi connectivity index (χ3v) is 5.75. The van der Waals surface area contributed by atoms with Crippen LogP contribution in [-0.4, -0.2) is 34.0 Å². The number of carbonyl (C=O) groups is 4. The Kier molecular flexibility index (Phi) is 4.91. The smallest absolute Gasteiger partial charge is 0.350 e. The standard InChI is InChI=1S/C20H23NO7/c1-10-11(2)18(24)27-15-8-16(23)21-7-6-14(17(15)21)9-26-19(25)20(5,12(10)3)28-13(4)22/h6-7,10,12,15H,2,8-9H2,1,3-5H3/t10-,12+,15-,20-/m1/s1. The first kappa shape index (κ1) is 19.9. The molecule has 0 saturated heterocycles. The van der Waals surface area contributed by atoms with E-state index < -0.39 is 41.4 Å². The van der Waals surface area contributed by atoms with Crippen LogP contribution < -0.4 is 0 Å². The highest BCUT2D eigenvalue weighted by Crippen LogP contribution is 2.38. The summed E-state index contributed by atoms with van der Waals surface area (Å²) in [5, 5.41) is 0. The molecule has 0 N–H and O–H groups in total. The molecule has 0 aromatic carbocycles. The lowest BCUT2D eigenvalue weighted by Crippen LogP contribution is -2.49. The van der Waals surface area contributed by atoms with Gasteiger partial charge in [0, 0.05) is 30.2 Å². The van der Waals surface area contributed by atoms with Crippen molar-refractivity contribution in [2.75, 3.05) is 0 Å². The van der Waals surface area contributed by atoms with Crippen molar-refractivity contribution in [1.29, 1.82) is 0 Å². The van der Waals surface area contributed by atoms with Crippen LogP contribution in [-0.2, 0) is 35.2 Å². The lowest BCUT2D eigenvalue weighted by Gasteiger charge is -2.36. The molecule has 0 aliphatic carbocycles. The molecule has 1 aromatic heterocycles. The van der Waals surface area contributed by atoms with E-state index in [4.69, 9.17) is 14.2 Å². The van der Waals surface area contributed by atoms with Crippen LogP contribution >= 0.6 is 0 Å². The van der Waals surface area contributed by atoms with Crippen LogP contribution in [0.2, 0.25) is 0 Å². The minimum absolute atomic E-state index is 0.0191. The van der Waals surface area contributed by atoms with Gasteiger partial charge in [0.05, 0.1) is 12.1 Å². The molecule has 0 fully saturated rings. The first-order valence-electron chi connectivity index (χ1n) is 9.06. The molecule has 8 nitrogen and oxygen atoms in total. The van der Waals surface area contributed by atoms with Gasteiger partial charge < -0.3 is 14.2 Å². The van der Waals surface area contributed by atoms with E-state index in [0.29, 0.717) is 11.3 Å². The van der Waals surface area contributed by atoms with Crippen molar-refractivity contribution in [2.24, 2.45) is 11.8 Å². The van der Waals surface area contributed by atoms with Crippen LogP contribution in [0, 0.1) is 11.8 Å². The number of carbonyl (C=O) groups excluding carboxylic acids is 4. The molecule has 3 heterocycles. The number of nitrogens with zero attached hydrogens (tertiary/aromatic N) is 1. The normalized spacial score (nSPS) is 30.6. The van der Waals surface area contributed by atoms with E-state index in [9.17, 15) is 19.2 Å². The van der Waals surface area contributed by atoms with Crippen molar-refractivity contribution in [3.63, 3.8) is 0 Å². The molecular formula is C20H23NO7. The summed E-state index contributed by atoms with van der Waals surface area (Å²) in [5.41, 5.74) is -0.465. The number of esters is 3. The third kappa shape index (κ3) is 3.12. The third-order valence-electron chi connectivity index (χ3n) is 5.75. The second-order valence-corrected chi connectivity index (χ2v) is 7.47. The maximum atomic E-state index is 12.9. The Morgan fingerprint density at radius 3 is 2.64 bits per heavy atom. The molecule has 2 aliphatic rings. The quantitative estimate of drug-likeness (QED) is 0.413. The summed E-state index contributed by atoms with van der Waals surface area (Å²) in [6.45, 7) is 9.71. The van der Waals surface area contributed by atoms with E-state index >= 15 is 0 Å². The van der Waals surface area contributed by atoms with Gasteiger partial charge in [0.2, 0.25) is 11.5 Å². The van der Waals surface area contributed by atoms with Gasteiger partial charge in [-0.3, -0.25) is 14.2 Å². The molecule has 8 heteroatoms. The zero-order valence-corrected chi connectivity index (χ0v) is 16.3. The van der Waals surface area contributed by atoms with Crippen LogP contribution in [0.1, 0.15) is 56.3 Å². The van der Waals surface area contributed by atoms with Gasteiger partial charge in [-0.15, -0.1) is 0 Å². The predicted molar refractivity (Wildman–Crippen MR) is 95.9 cm³/mol. The SMILES string of the molecule is C=C1C(=O)O[C@@H]2CC(=O)n3ccc(c32)COC(=O)[C@](C)(OC(C)=O)[C@@H](C)[C@@H]1C. The predicted octanol–water partition coefficient (Wildman–Crippen LogP) is 2.32. The molecule has 4 atom stereocenters. The maximum absolute atomic E-state index is 12.9. The molecular weight excluding hydrogens is 366 g/mol. The summed E-state index contributed by atoms with van der Waals surface area (Å²) < 4.78 is 17.7. The first-order chi connectivity index (χ1) is 13.1. The average Bonchev–Trinajstić information content (AvgIpc) is 3.18. The molecule has 28 heavy (non-hydrogen) atoms. The number of hydrogen-bond acceptors (Lipinski definition) is 7. The fourth-order valence-electron chi connectivity index (χ4n) is 3.71. The molecule has 3 rings (SSSR count). The molecule has 0 bridgehead atoms. The minimum Gasteiger partial charge on any atom is -0.458 e. The molecule has 0 radical (unpaired) electrons. The van der Waals surface area contributed by atoms with E-state index in [-0.39, 0.29) is 24.5 Å². The molecule has 0 saturated carbocycles. The van der Waals surface area contributed by atoms with Crippen LogP contribution in [0.4, 0.5) is 0 Å². The van der Waals surface area contributed by atoms with Crippen molar-refractivity contribution < 1.29 is 33.4 Å². The Balaban J connectivity index is 2.05. The number of rotatable bonds is 1. The first-order valence-corrected chi connectivity index (χ1v) is 9.06. The van der Waals surface area contributed by atoms with Gasteiger partial charge in [-0.25, -0.2) is 9.59 Å². The monoisotopic (exact) mass is 389 g/mol. The Labute approximate surface area is 162 Å². The van der Waals surface area contributed by atoms with Crippen LogP contribution in [0.25, 0.3) is 0 Å². The van der Waals surface area contributed by atoms with Crippen molar-refractivity contribution in [3.8, 4) is 0 Å². The second kappa shape index (κ2) is 6.92. The summed E-state index contributed by atoms with van der Waals surface area (Å²) in [6, 6.07) is 1.64. The highest BCUT2D eigenvalue weighted by molar-refractivity contribution is 5.91. The van der Waals surface area contributed by atoms with Gasteiger partial charge in [-0.2, -0.15) is 0 Å². The summed E-state index contributed by atoms with van der Waals surface area (Å²) in [7, 11) is 0. The summed E-state index contributed by atoms with van der Waals surface area (Å²) in [5.74, 6) is -3.41. The molecule has 0 amide bonds. The largest absolute Gasteiger partial charge is 0.458 e. The van der Waals surface area contributed by atoms with E-state index in [2.05, 4.69) is 6.58 Å². The number of hydrogen-bond donors (Lipinski definition) is 0. The van der Waals surface area contributed by atoms with Crippen molar-refractivity contribution in [1.82, 2.24) is 4.57 Å². The van der Waals surface area contributed by atoms with E-state index in [1.165, 1.54) is 18.4 Å². The zero-order chi connectivity index (χ0) is 20.8. The highest BCUT2D eigenvalue weighted by Gasteiger charge is 2.48. The van der Waals surface area contributed by atoms with Gasteiger partial charge in [-0.1, -0.05) is 20.4 Å². The van der Waals surface area contributed by atoms with E-state index in [1.54, 1.807) is 26.1 Å². The minimum atomic E-state index is -1.62. The Morgan fingerprint density at radius 2 is 2.00 bits per heavy atom. The summed E-state index contributed by atoms with van der Waals surface area (Å²) in [6.07, 6.45) is 0.812. The van der Waals surface area contributed by atoms with Gasteiger partial charge in [0.15, 0.2) is 6.10 Å². The zero-order valence-electron chi connectivity index (χ0n) is 16.3. The van der Waals surface area contributed by atoms with Crippen molar-refractivity contribution in [2.45, 2.75) is 52.4 Å². The van der Waals surface area contributed by atoms with E-state index in [1.807, 2.05) is 0 Å². The average molecular weight is 389 g/mol. The van der Waals surface area contributed by atoms with Crippen LogP contribution in [0.15, 0.2) is 24.4 Å². The lowest BCUT2D eigenvalue weighted by molar-refractivity contribution is -0.188. The Bertz CT molecular complexity index is 883. The number of aromatic nitrogens is 1. The topological polar surface area (TPSA) is 101 Å². The van der Waals surface area contributed by atoms with Crippen molar-refractivity contribution >= 4 is 23.8 Å². The molecule has 0 unspecified atom stereocenters. The van der Waals surface area contributed by atoms with Crippen molar-refractivity contribution in [3.05, 3.63) is 35.7 Å². The fraction of sp³-hybridized carbons (Fsp3) is 0.500. The van der Waals surface area contributed by atoms with Crippen LogP contribution in [0.3, 0.4) is 0 Å². The van der Waals surface area contributed by atoms with Gasteiger partial charge in [-0.05, 0) is 18.9 Å². The number of ether oxygens (including phenoxy) is 3. The fourth-order valence-corrected chi connectivity index (χ4v) is 3.71. The van der Waals surface area contributed by atoms with E-state index in [0.717, 1.165) is 0 Å². The second-order valence-electron chi connectivity index (χ2n) is 7.47. The molecule has 2 aliphatic heterocycles. The molecule has 1 aromatic rings. The lowest BCUT2D eigenvalue weighted by atomic mass is 9.77. The summed E-state index contributed by atoms with van der Waals surface area (Å²) in [4.78, 5) is 49.4. The van der Waals surface area contributed by atoms with Crippen LogP contribution in [0.5, 0.6) is 0 Å². The summed E-state index contributed by atoms with van der Waals surface area (Å²) >= 11 is 0. The molecule has 0 spiro atoms. The Morgan fingerprint density at radius 1 is 1.32 bits per heavy atom. The highest BCUT2D eigenvalue weighted by atomic mass is 16.6. The Hall–Kier alpha value is -2.90. The number of cyclic esters (lactones) is 1. The maximum Gasteiger partial charge on any atom is 0.350 e. The van der Waals surface area contributed by atoms with Gasteiger partial charge >= 0.3 is 17.9 Å².